The topological polar surface area (TPSA) is 23.5 Å². The minimum atomic E-state index is -0.148. The molecule has 1 aliphatic rings. The number of aliphatic hydroxyl groups excluding tert-OH is 1. The summed E-state index contributed by atoms with van der Waals surface area (Å²) in [5, 5.41) is 9.77. The number of allylic oxidation sites excluding steroid dienone is 2. The molecule has 0 amide bonds. The van der Waals surface area contributed by atoms with Crippen LogP contribution < -0.4 is 0 Å². The van der Waals surface area contributed by atoms with Crippen LogP contribution >= 0.6 is 0 Å². The van der Waals surface area contributed by atoms with Crippen molar-refractivity contribution in [2.24, 2.45) is 0 Å². The van der Waals surface area contributed by atoms with Crippen molar-refractivity contribution in [1.29, 1.82) is 0 Å². The highest BCUT2D eigenvalue weighted by molar-refractivity contribution is 4.90. The van der Waals surface area contributed by atoms with Crippen molar-refractivity contribution in [3.05, 3.63) is 12.2 Å². The van der Waals surface area contributed by atoms with Crippen LogP contribution in [0.15, 0.2) is 12.2 Å². The minimum absolute atomic E-state index is 0.148. The van der Waals surface area contributed by atoms with E-state index in [0.29, 0.717) is 6.04 Å². The second-order valence-electron chi connectivity index (χ2n) is 3.72. The van der Waals surface area contributed by atoms with Crippen LogP contribution in [0.5, 0.6) is 0 Å². The van der Waals surface area contributed by atoms with E-state index in [9.17, 15) is 5.11 Å². The molecular weight excluding hydrogens is 150 g/mol. The van der Waals surface area contributed by atoms with Crippen molar-refractivity contribution >= 4 is 0 Å². The van der Waals surface area contributed by atoms with E-state index in [0.717, 1.165) is 25.7 Å². The SMILES string of the molecule is CN(C)[C@H]1CCC=CCC[C@H]1O. The molecule has 2 nitrogen and oxygen atoms in total. The zero-order valence-electron chi connectivity index (χ0n) is 8.03. The summed E-state index contributed by atoms with van der Waals surface area (Å²) in [4.78, 5) is 2.13. The monoisotopic (exact) mass is 169 g/mol. The summed E-state index contributed by atoms with van der Waals surface area (Å²) in [6.45, 7) is 0. The molecule has 2 heteroatoms. The maximum atomic E-state index is 9.77. The van der Waals surface area contributed by atoms with Crippen molar-refractivity contribution in [2.75, 3.05) is 14.1 Å². The van der Waals surface area contributed by atoms with Gasteiger partial charge < -0.3 is 10.0 Å². The lowest BCUT2D eigenvalue weighted by molar-refractivity contribution is 0.0644. The highest BCUT2D eigenvalue weighted by Crippen LogP contribution is 2.16. The third-order valence-corrected chi connectivity index (χ3v) is 2.53. The lowest BCUT2D eigenvalue weighted by Crippen LogP contribution is -2.39. The van der Waals surface area contributed by atoms with E-state index < -0.39 is 0 Å². The predicted molar refractivity (Wildman–Crippen MR) is 51.1 cm³/mol. The Morgan fingerprint density at radius 3 is 2.33 bits per heavy atom. The fourth-order valence-electron chi connectivity index (χ4n) is 1.76. The average molecular weight is 169 g/mol. The minimum Gasteiger partial charge on any atom is -0.391 e. The Labute approximate surface area is 74.9 Å². The summed E-state index contributed by atoms with van der Waals surface area (Å²) in [5.41, 5.74) is 0. The van der Waals surface area contributed by atoms with Gasteiger partial charge in [-0.2, -0.15) is 0 Å². The fourth-order valence-corrected chi connectivity index (χ4v) is 1.76. The second-order valence-corrected chi connectivity index (χ2v) is 3.72. The van der Waals surface area contributed by atoms with Crippen LogP contribution in [0.4, 0.5) is 0 Å². The Kier molecular flexibility index (Phi) is 3.76. The number of rotatable bonds is 1. The molecule has 0 aromatic rings. The van der Waals surface area contributed by atoms with Gasteiger partial charge in [-0.1, -0.05) is 12.2 Å². The van der Waals surface area contributed by atoms with E-state index in [-0.39, 0.29) is 6.10 Å². The van der Waals surface area contributed by atoms with Gasteiger partial charge in [-0.25, -0.2) is 0 Å². The lowest BCUT2D eigenvalue weighted by atomic mass is 9.97. The summed E-state index contributed by atoms with van der Waals surface area (Å²) < 4.78 is 0. The molecule has 1 N–H and O–H groups in total. The summed E-state index contributed by atoms with van der Waals surface area (Å²) >= 11 is 0. The van der Waals surface area contributed by atoms with Crippen LogP contribution in [0, 0.1) is 0 Å². The Bertz CT molecular complexity index is 154. The van der Waals surface area contributed by atoms with Crippen molar-refractivity contribution in [2.45, 2.75) is 37.8 Å². The molecule has 0 aromatic heterocycles. The Morgan fingerprint density at radius 2 is 1.75 bits per heavy atom. The number of hydrogen-bond acceptors (Lipinski definition) is 2. The van der Waals surface area contributed by atoms with Crippen molar-refractivity contribution < 1.29 is 5.11 Å². The number of likely N-dealkylation sites (N-methyl/N-ethyl adjacent to an activating group) is 1. The third-order valence-electron chi connectivity index (χ3n) is 2.53. The van der Waals surface area contributed by atoms with E-state index in [1.54, 1.807) is 0 Å². The zero-order valence-corrected chi connectivity index (χ0v) is 8.03. The van der Waals surface area contributed by atoms with Gasteiger partial charge in [-0.15, -0.1) is 0 Å². The summed E-state index contributed by atoms with van der Waals surface area (Å²) in [6, 6.07) is 0.343. The molecule has 0 spiro atoms. The largest absolute Gasteiger partial charge is 0.391 e. The maximum absolute atomic E-state index is 9.77. The van der Waals surface area contributed by atoms with Crippen LogP contribution in [-0.4, -0.2) is 36.2 Å². The normalized spacial score (nSPS) is 31.7. The second kappa shape index (κ2) is 4.63. The standard InChI is InChI=1S/C10H19NO/c1-11(2)9-7-5-3-4-6-8-10(9)12/h3-4,9-10,12H,5-8H2,1-2H3/t9-,10+/m0/s1. The molecule has 0 aromatic carbocycles. The van der Waals surface area contributed by atoms with Gasteiger partial charge in [0.2, 0.25) is 0 Å². The molecule has 0 saturated carbocycles. The first-order valence-electron chi connectivity index (χ1n) is 4.71. The summed E-state index contributed by atoms with van der Waals surface area (Å²) in [5.74, 6) is 0. The molecule has 0 unspecified atom stereocenters. The average Bonchev–Trinajstić information content (AvgIpc) is 1.96. The lowest BCUT2D eigenvalue weighted by Gasteiger charge is -2.29. The first-order valence-corrected chi connectivity index (χ1v) is 4.71. The van der Waals surface area contributed by atoms with E-state index in [2.05, 4.69) is 17.1 Å². The Balaban J connectivity index is 2.52. The maximum Gasteiger partial charge on any atom is 0.0698 e. The molecule has 1 rings (SSSR count). The van der Waals surface area contributed by atoms with Gasteiger partial charge in [0.05, 0.1) is 6.10 Å². The molecule has 70 valence electrons. The first-order chi connectivity index (χ1) is 5.72. The van der Waals surface area contributed by atoms with Gasteiger partial charge in [0.25, 0.3) is 0 Å². The molecule has 0 saturated heterocycles. The molecule has 0 aliphatic heterocycles. The van der Waals surface area contributed by atoms with Gasteiger partial charge in [0.15, 0.2) is 0 Å². The number of hydrogen-bond donors (Lipinski definition) is 1. The fraction of sp³-hybridized carbons (Fsp3) is 0.800. The Hall–Kier alpha value is -0.340. The van der Waals surface area contributed by atoms with E-state index in [4.69, 9.17) is 0 Å². The zero-order chi connectivity index (χ0) is 8.97. The van der Waals surface area contributed by atoms with Gasteiger partial charge in [-0.05, 0) is 39.8 Å². The third kappa shape index (κ3) is 2.61. The van der Waals surface area contributed by atoms with Gasteiger partial charge >= 0.3 is 0 Å². The smallest absolute Gasteiger partial charge is 0.0698 e. The van der Waals surface area contributed by atoms with E-state index in [1.165, 1.54) is 0 Å². The molecule has 0 heterocycles. The van der Waals surface area contributed by atoms with Gasteiger partial charge in [0.1, 0.15) is 0 Å². The van der Waals surface area contributed by atoms with Crippen LogP contribution in [0.2, 0.25) is 0 Å². The van der Waals surface area contributed by atoms with Crippen LogP contribution in [0.25, 0.3) is 0 Å². The van der Waals surface area contributed by atoms with E-state index >= 15 is 0 Å². The van der Waals surface area contributed by atoms with Crippen LogP contribution in [-0.2, 0) is 0 Å². The Morgan fingerprint density at radius 1 is 1.17 bits per heavy atom. The number of aliphatic hydroxyl groups is 1. The molecular formula is C10H19NO. The van der Waals surface area contributed by atoms with Gasteiger partial charge in [-0.3, -0.25) is 0 Å². The van der Waals surface area contributed by atoms with Crippen molar-refractivity contribution in [1.82, 2.24) is 4.90 Å². The van der Waals surface area contributed by atoms with Crippen molar-refractivity contribution in [3.63, 3.8) is 0 Å². The van der Waals surface area contributed by atoms with E-state index in [1.807, 2.05) is 14.1 Å². The van der Waals surface area contributed by atoms with Crippen LogP contribution in [0.3, 0.4) is 0 Å². The highest BCUT2D eigenvalue weighted by atomic mass is 16.3. The van der Waals surface area contributed by atoms with Crippen LogP contribution in [0.1, 0.15) is 25.7 Å². The molecule has 0 radical (unpaired) electrons. The number of nitrogens with zero attached hydrogens (tertiary/aromatic N) is 1. The molecule has 0 bridgehead atoms. The summed E-state index contributed by atoms with van der Waals surface area (Å²) in [7, 11) is 4.08. The van der Waals surface area contributed by atoms with Gasteiger partial charge in [0, 0.05) is 6.04 Å². The highest BCUT2D eigenvalue weighted by Gasteiger charge is 2.20. The molecule has 2 atom stereocenters. The predicted octanol–water partition coefficient (Wildman–Crippen LogP) is 1.41. The molecule has 12 heavy (non-hydrogen) atoms. The van der Waals surface area contributed by atoms with Crippen molar-refractivity contribution in [3.8, 4) is 0 Å². The molecule has 0 fully saturated rings. The molecule has 1 aliphatic carbocycles. The summed E-state index contributed by atoms with van der Waals surface area (Å²) in [6.07, 6.45) is 8.34. The first kappa shape index (κ1) is 9.75. The quantitative estimate of drug-likeness (QED) is 0.600.